The molecule has 0 saturated carbocycles. The van der Waals surface area contributed by atoms with E-state index in [0.29, 0.717) is 22.9 Å². The van der Waals surface area contributed by atoms with Crippen LogP contribution in [0.2, 0.25) is 0 Å². The van der Waals surface area contributed by atoms with Crippen LogP contribution in [-0.4, -0.2) is 26.7 Å². The molecule has 2 aromatic carbocycles. The Hall–Kier alpha value is -2.76. The van der Waals surface area contributed by atoms with Crippen LogP contribution >= 0.6 is 0 Å². The minimum atomic E-state index is -0.332. The largest absolute Gasteiger partial charge is 0.497 e. The molecule has 122 valence electrons. The van der Waals surface area contributed by atoms with Crippen LogP contribution in [0.1, 0.15) is 6.42 Å². The van der Waals surface area contributed by atoms with Gasteiger partial charge < -0.3 is 19.5 Å². The molecule has 1 amide bonds. The van der Waals surface area contributed by atoms with Gasteiger partial charge in [0.25, 0.3) is 0 Å². The Balaban J connectivity index is 1.86. The van der Waals surface area contributed by atoms with Crippen LogP contribution in [0.3, 0.4) is 0 Å². The summed E-state index contributed by atoms with van der Waals surface area (Å²) in [5.41, 5.74) is 0.556. The summed E-state index contributed by atoms with van der Waals surface area (Å²) in [4.78, 5) is 11.9. The monoisotopic (exact) mass is 319 g/mol. The standard InChI is InChI=1S/C17H18FNO4/c1-21-14-7-8-15(16(11-14)22-2)19-17(20)9-10-23-13-5-3-12(18)4-6-13/h3-8,11H,9-10H2,1-2H3,(H,19,20). The van der Waals surface area contributed by atoms with Crippen molar-refractivity contribution in [2.45, 2.75) is 6.42 Å². The summed E-state index contributed by atoms with van der Waals surface area (Å²) in [7, 11) is 3.07. The molecule has 0 radical (unpaired) electrons. The fourth-order valence-electron chi connectivity index (χ4n) is 1.91. The minimum Gasteiger partial charge on any atom is -0.497 e. The summed E-state index contributed by atoms with van der Waals surface area (Å²) in [5.74, 6) is 1.12. The third-order valence-electron chi connectivity index (χ3n) is 3.09. The quantitative estimate of drug-likeness (QED) is 0.851. The van der Waals surface area contributed by atoms with Crippen LogP contribution < -0.4 is 19.5 Å². The highest BCUT2D eigenvalue weighted by atomic mass is 19.1. The number of carbonyl (C=O) groups excluding carboxylic acids is 1. The van der Waals surface area contributed by atoms with Crippen molar-refractivity contribution in [3.63, 3.8) is 0 Å². The van der Waals surface area contributed by atoms with Gasteiger partial charge in [0.1, 0.15) is 23.1 Å². The summed E-state index contributed by atoms with van der Waals surface area (Å²) < 4.78 is 28.5. The number of carbonyl (C=O) groups is 1. The van der Waals surface area contributed by atoms with E-state index in [4.69, 9.17) is 14.2 Å². The minimum absolute atomic E-state index is 0.159. The molecular weight excluding hydrogens is 301 g/mol. The highest BCUT2D eigenvalue weighted by Crippen LogP contribution is 2.29. The molecule has 0 bridgehead atoms. The Labute approximate surface area is 134 Å². The lowest BCUT2D eigenvalue weighted by Gasteiger charge is -2.12. The van der Waals surface area contributed by atoms with Gasteiger partial charge in [-0.15, -0.1) is 0 Å². The third kappa shape index (κ3) is 4.88. The van der Waals surface area contributed by atoms with Crippen molar-refractivity contribution < 1.29 is 23.4 Å². The lowest BCUT2D eigenvalue weighted by atomic mass is 10.2. The fraction of sp³-hybridized carbons (Fsp3) is 0.235. The highest BCUT2D eigenvalue weighted by Gasteiger charge is 2.09. The molecule has 0 aliphatic rings. The maximum Gasteiger partial charge on any atom is 0.227 e. The lowest BCUT2D eigenvalue weighted by molar-refractivity contribution is -0.116. The number of hydrogen-bond donors (Lipinski definition) is 1. The van der Waals surface area contributed by atoms with Gasteiger partial charge in [0.05, 0.1) is 32.9 Å². The molecule has 0 unspecified atom stereocenters. The van der Waals surface area contributed by atoms with E-state index in [-0.39, 0.29) is 24.8 Å². The van der Waals surface area contributed by atoms with Crippen LogP contribution in [0.25, 0.3) is 0 Å². The maximum absolute atomic E-state index is 12.8. The molecule has 5 nitrogen and oxygen atoms in total. The zero-order valence-electron chi connectivity index (χ0n) is 13.0. The molecule has 0 saturated heterocycles. The molecule has 0 heterocycles. The summed E-state index contributed by atoms with van der Waals surface area (Å²) in [6.45, 7) is 0.190. The molecule has 0 spiro atoms. The molecule has 6 heteroatoms. The fourth-order valence-corrected chi connectivity index (χ4v) is 1.91. The second-order valence-electron chi connectivity index (χ2n) is 4.67. The summed E-state index contributed by atoms with van der Waals surface area (Å²) in [6.07, 6.45) is 0.159. The molecule has 23 heavy (non-hydrogen) atoms. The van der Waals surface area contributed by atoms with Gasteiger partial charge in [-0.2, -0.15) is 0 Å². The SMILES string of the molecule is COc1ccc(NC(=O)CCOc2ccc(F)cc2)c(OC)c1. The third-order valence-corrected chi connectivity index (χ3v) is 3.09. The van der Waals surface area contributed by atoms with Crippen molar-refractivity contribution in [1.82, 2.24) is 0 Å². The van der Waals surface area contributed by atoms with E-state index in [9.17, 15) is 9.18 Å². The first-order chi connectivity index (χ1) is 11.1. The average Bonchev–Trinajstić information content (AvgIpc) is 2.57. The first-order valence-corrected chi connectivity index (χ1v) is 7.02. The second-order valence-corrected chi connectivity index (χ2v) is 4.67. The number of benzene rings is 2. The van der Waals surface area contributed by atoms with E-state index in [1.165, 1.54) is 31.4 Å². The Kier molecular flexibility index (Phi) is 5.80. The van der Waals surface area contributed by atoms with Crippen molar-refractivity contribution in [3.05, 3.63) is 48.3 Å². The highest BCUT2D eigenvalue weighted by molar-refractivity contribution is 5.92. The zero-order valence-corrected chi connectivity index (χ0v) is 13.0. The van der Waals surface area contributed by atoms with E-state index in [0.717, 1.165) is 0 Å². The van der Waals surface area contributed by atoms with E-state index in [1.54, 1.807) is 25.3 Å². The number of halogens is 1. The van der Waals surface area contributed by atoms with Crippen molar-refractivity contribution in [2.75, 3.05) is 26.1 Å². The van der Waals surface area contributed by atoms with Gasteiger partial charge in [0, 0.05) is 6.07 Å². The Morgan fingerprint density at radius 3 is 2.39 bits per heavy atom. The maximum atomic E-state index is 12.8. The Bertz CT molecular complexity index is 658. The van der Waals surface area contributed by atoms with E-state index in [1.807, 2.05) is 0 Å². The second kappa shape index (κ2) is 8.03. The normalized spacial score (nSPS) is 10.0. The Morgan fingerprint density at radius 2 is 1.74 bits per heavy atom. The number of rotatable bonds is 7. The predicted octanol–water partition coefficient (Wildman–Crippen LogP) is 3.25. The van der Waals surface area contributed by atoms with E-state index < -0.39 is 0 Å². The summed E-state index contributed by atoms with van der Waals surface area (Å²) >= 11 is 0. The van der Waals surface area contributed by atoms with Gasteiger partial charge in [-0.3, -0.25) is 4.79 Å². The lowest BCUT2D eigenvalue weighted by Crippen LogP contribution is -2.15. The first-order valence-electron chi connectivity index (χ1n) is 7.02. The molecule has 0 aliphatic carbocycles. The molecule has 2 aromatic rings. The summed E-state index contributed by atoms with van der Waals surface area (Å²) in [5, 5.41) is 2.75. The van der Waals surface area contributed by atoms with E-state index >= 15 is 0 Å². The number of nitrogens with one attached hydrogen (secondary N) is 1. The smallest absolute Gasteiger partial charge is 0.227 e. The van der Waals surface area contributed by atoms with Crippen molar-refractivity contribution >= 4 is 11.6 Å². The molecular formula is C17H18FNO4. The number of anilines is 1. The van der Waals surface area contributed by atoms with Crippen molar-refractivity contribution in [3.8, 4) is 17.2 Å². The summed E-state index contributed by atoms with van der Waals surface area (Å²) in [6, 6.07) is 10.8. The average molecular weight is 319 g/mol. The topological polar surface area (TPSA) is 56.8 Å². The van der Waals surface area contributed by atoms with Gasteiger partial charge >= 0.3 is 0 Å². The van der Waals surface area contributed by atoms with Crippen LogP contribution in [0.5, 0.6) is 17.2 Å². The van der Waals surface area contributed by atoms with Crippen LogP contribution in [0.4, 0.5) is 10.1 Å². The van der Waals surface area contributed by atoms with Crippen LogP contribution in [0.15, 0.2) is 42.5 Å². The number of ether oxygens (including phenoxy) is 3. The number of amides is 1. The van der Waals surface area contributed by atoms with Crippen molar-refractivity contribution in [2.24, 2.45) is 0 Å². The Morgan fingerprint density at radius 1 is 1.04 bits per heavy atom. The molecule has 0 fully saturated rings. The van der Waals surface area contributed by atoms with Gasteiger partial charge in [-0.25, -0.2) is 4.39 Å². The number of methoxy groups -OCH3 is 2. The van der Waals surface area contributed by atoms with Crippen LogP contribution in [-0.2, 0) is 4.79 Å². The molecule has 2 rings (SSSR count). The molecule has 0 aromatic heterocycles. The van der Waals surface area contributed by atoms with Gasteiger partial charge in [-0.05, 0) is 36.4 Å². The van der Waals surface area contributed by atoms with E-state index in [2.05, 4.69) is 5.32 Å². The molecule has 0 atom stereocenters. The van der Waals surface area contributed by atoms with Crippen molar-refractivity contribution in [1.29, 1.82) is 0 Å². The van der Waals surface area contributed by atoms with Crippen LogP contribution in [0, 0.1) is 5.82 Å². The predicted molar refractivity (Wildman–Crippen MR) is 84.7 cm³/mol. The molecule has 1 N–H and O–H groups in total. The zero-order chi connectivity index (χ0) is 16.7. The number of hydrogen-bond acceptors (Lipinski definition) is 4. The van der Waals surface area contributed by atoms with Gasteiger partial charge in [0.15, 0.2) is 0 Å². The van der Waals surface area contributed by atoms with Gasteiger partial charge in [-0.1, -0.05) is 0 Å². The first kappa shape index (κ1) is 16.6. The molecule has 0 aliphatic heterocycles. The van der Waals surface area contributed by atoms with Gasteiger partial charge in [0.2, 0.25) is 5.91 Å².